The van der Waals surface area contributed by atoms with Crippen molar-refractivity contribution in [2.24, 2.45) is 0 Å². The number of aromatic nitrogens is 2. The predicted molar refractivity (Wildman–Crippen MR) is 107 cm³/mol. The summed E-state index contributed by atoms with van der Waals surface area (Å²) in [6.45, 7) is 4.14. The van der Waals surface area contributed by atoms with Gasteiger partial charge in [-0.3, -0.25) is 0 Å². The topological polar surface area (TPSA) is 58.3 Å². The Bertz CT molecular complexity index is 855. The summed E-state index contributed by atoms with van der Waals surface area (Å²) < 4.78 is 1.92. The molecule has 2 aromatic carbocycles. The lowest BCUT2D eigenvalue weighted by molar-refractivity contribution is -0.0393. The molecule has 4 rings (SSSR count). The number of aliphatic hydroxyl groups excluding tert-OH is 1. The maximum atomic E-state index is 11.2. The fraction of sp³-hybridized carbons (Fsp3) is 0.348. The molecule has 1 fully saturated rings. The monoisotopic (exact) mass is 362 g/mol. The molecule has 0 spiro atoms. The van der Waals surface area contributed by atoms with Crippen molar-refractivity contribution in [3.63, 3.8) is 0 Å². The normalized spacial score (nSPS) is 22.7. The van der Waals surface area contributed by atoms with Gasteiger partial charge in [-0.05, 0) is 57.7 Å². The first-order chi connectivity index (χ1) is 12.9. The van der Waals surface area contributed by atoms with Crippen LogP contribution in [0.4, 0.5) is 0 Å². The molecule has 1 saturated carbocycles. The third-order valence-electron chi connectivity index (χ3n) is 5.59. The highest BCUT2D eigenvalue weighted by molar-refractivity contribution is 5.63. The zero-order valence-electron chi connectivity index (χ0n) is 15.9. The van der Waals surface area contributed by atoms with E-state index in [-0.39, 0.29) is 6.10 Å². The molecule has 1 aromatic heterocycles. The largest absolute Gasteiger partial charge is 0.393 e. The number of nitrogens with zero attached hydrogens (tertiary/aromatic N) is 2. The molecule has 4 heteroatoms. The number of aryl methyl sites for hydroxylation is 2. The van der Waals surface area contributed by atoms with E-state index in [1.807, 2.05) is 10.7 Å². The van der Waals surface area contributed by atoms with E-state index in [0.717, 1.165) is 16.9 Å². The van der Waals surface area contributed by atoms with Crippen LogP contribution in [0.3, 0.4) is 0 Å². The van der Waals surface area contributed by atoms with Gasteiger partial charge < -0.3 is 10.2 Å². The maximum Gasteiger partial charge on any atom is 0.109 e. The Kier molecular flexibility index (Phi) is 4.62. The van der Waals surface area contributed by atoms with Gasteiger partial charge in [-0.15, -0.1) is 0 Å². The van der Waals surface area contributed by atoms with Gasteiger partial charge in [0.1, 0.15) is 5.60 Å². The van der Waals surface area contributed by atoms with Crippen molar-refractivity contribution in [1.29, 1.82) is 0 Å². The van der Waals surface area contributed by atoms with Crippen LogP contribution in [0.2, 0.25) is 0 Å². The Morgan fingerprint density at radius 2 is 1.48 bits per heavy atom. The summed E-state index contributed by atoms with van der Waals surface area (Å²) in [6.07, 6.45) is 1.96. The van der Waals surface area contributed by atoms with E-state index in [0.29, 0.717) is 31.4 Å². The van der Waals surface area contributed by atoms with Crippen LogP contribution in [0.5, 0.6) is 0 Å². The summed E-state index contributed by atoms with van der Waals surface area (Å²) in [4.78, 5) is 0. The molecule has 0 bridgehead atoms. The third-order valence-corrected chi connectivity index (χ3v) is 5.59. The van der Waals surface area contributed by atoms with E-state index < -0.39 is 5.60 Å². The van der Waals surface area contributed by atoms with Crippen molar-refractivity contribution in [3.8, 4) is 16.9 Å². The fourth-order valence-corrected chi connectivity index (χ4v) is 3.76. The Morgan fingerprint density at radius 3 is 2.07 bits per heavy atom. The van der Waals surface area contributed by atoms with Gasteiger partial charge in [0.05, 0.1) is 23.2 Å². The van der Waals surface area contributed by atoms with Crippen LogP contribution >= 0.6 is 0 Å². The average Bonchev–Trinajstić information content (AvgIpc) is 3.12. The van der Waals surface area contributed by atoms with Gasteiger partial charge in [-0.25, -0.2) is 4.68 Å². The minimum Gasteiger partial charge on any atom is -0.393 e. The summed E-state index contributed by atoms with van der Waals surface area (Å²) in [5.41, 5.74) is 5.12. The lowest BCUT2D eigenvalue weighted by atomic mass is 9.81. The van der Waals surface area contributed by atoms with Crippen LogP contribution in [0.1, 0.15) is 42.5 Å². The molecule has 4 nitrogen and oxygen atoms in total. The predicted octanol–water partition coefficient (Wildman–Crippen LogP) is 4.28. The van der Waals surface area contributed by atoms with Crippen molar-refractivity contribution in [1.82, 2.24) is 9.78 Å². The SMILES string of the molecule is Cc1ccc(-c2cc(C3(O)CCC(O)CC3)nn2-c2ccc(C)cc2)cc1. The van der Waals surface area contributed by atoms with Crippen molar-refractivity contribution in [2.75, 3.05) is 0 Å². The van der Waals surface area contributed by atoms with Gasteiger partial charge in [0, 0.05) is 5.56 Å². The number of hydrogen-bond acceptors (Lipinski definition) is 3. The number of aliphatic hydroxyl groups is 2. The Balaban J connectivity index is 1.82. The van der Waals surface area contributed by atoms with Crippen LogP contribution < -0.4 is 0 Å². The van der Waals surface area contributed by atoms with Crippen molar-refractivity contribution in [2.45, 2.75) is 51.2 Å². The highest BCUT2D eigenvalue weighted by atomic mass is 16.3. The summed E-state index contributed by atoms with van der Waals surface area (Å²) >= 11 is 0. The number of rotatable bonds is 3. The molecule has 27 heavy (non-hydrogen) atoms. The van der Waals surface area contributed by atoms with Gasteiger partial charge in [0.2, 0.25) is 0 Å². The smallest absolute Gasteiger partial charge is 0.109 e. The van der Waals surface area contributed by atoms with E-state index in [2.05, 4.69) is 62.4 Å². The molecule has 1 aliphatic rings. The van der Waals surface area contributed by atoms with Gasteiger partial charge in [-0.1, -0.05) is 47.5 Å². The van der Waals surface area contributed by atoms with Crippen LogP contribution in [-0.2, 0) is 5.60 Å². The van der Waals surface area contributed by atoms with Gasteiger partial charge in [0.25, 0.3) is 0 Å². The minimum atomic E-state index is -0.978. The van der Waals surface area contributed by atoms with Gasteiger partial charge in [-0.2, -0.15) is 5.10 Å². The molecule has 0 radical (unpaired) electrons. The maximum absolute atomic E-state index is 11.2. The average molecular weight is 362 g/mol. The van der Waals surface area contributed by atoms with Crippen LogP contribution in [0.15, 0.2) is 54.6 Å². The standard InChI is InChI=1S/C23H26N2O2/c1-16-3-7-18(8-4-16)21-15-22(23(27)13-11-20(26)12-14-23)24-25(21)19-9-5-17(2)6-10-19/h3-10,15,20,26-27H,11-14H2,1-2H3. The second kappa shape index (κ2) is 6.95. The van der Waals surface area contributed by atoms with E-state index >= 15 is 0 Å². The molecule has 1 heterocycles. The quantitative estimate of drug-likeness (QED) is 0.731. The Labute approximate surface area is 160 Å². The molecule has 0 aliphatic heterocycles. The summed E-state index contributed by atoms with van der Waals surface area (Å²) in [5, 5.41) is 25.8. The fourth-order valence-electron chi connectivity index (χ4n) is 3.76. The first-order valence-electron chi connectivity index (χ1n) is 9.60. The van der Waals surface area contributed by atoms with E-state index in [1.54, 1.807) is 0 Å². The van der Waals surface area contributed by atoms with Gasteiger partial charge in [0.15, 0.2) is 0 Å². The molecule has 0 unspecified atom stereocenters. The lowest BCUT2D eigenvalue weighted by Gasteiger charge is -2.32. The Morgan fingerprint density at radius 1 is 0.926 bits per heavy atom. The molecule has 0 atom stereocenters. The van der Waals surface area contributed by atoms with Crippen molar-refractivity contribution in [3.05, 3.63) is 71.4 Å². The second-order valence-corrected chi connectivity index (χ2v) is 7.79. The van der Waals surface area contributed by atoms with Crippen LogP contribution in [-0.4, -0.2) is 26.1 Å². The molecule has 0 amide bonds. The Hall–Kier alpha value is -2.43. The summed E-state index contributed by atoms with van der Waals surface area (Å²) in [5.74, 6) is 0. The highest BCUT2D eigenvalue weighted by Gasteiger charge is 2.37. The van der Waals surface area contributed by atoms with Crippen LogP contribution in [0.25, 0.3) is 16.9 Å². The first-order valence-corrected chi connectivity index (χ1v) is 9.60. The molecule has 140 valence electrons. The van der Waals surface area contributed by atoms with Crippen molar-refractivity contribution < 1.29 is 10.2 Å². The zero-order valence-corrected chi connectivity index (χ0v) is 15.9. The van der Waals surface area contributed by atoms with E-state index in [4.69, 9.17) is 5.10 Å². The number of hydrogen-bond donors (Lipinski definition) is 2. The number of benzene rings is 2. The molecule has 1 aliphatic carbocycles. The van der Waals surface area contributed by atoms with Crippen LogP contribution in [0, 0.1) is 13.8 Å². The van der Waals surface area contributed by atoms with E-state index in [1.165, 1.54) is 11.1 Å². The first kappa shape index (κ1) is 18.0. The lowest BCUT2D eigenvalue weighted by Crippen LogP contribution is -2.33. The van der Waals surface area contributed by atoms with Crippen molar-refractivity contribution >= 4 is 0 Å². The summed E-state index contributed by atoms with van der Waals surface area (Å²) in [7, 11) is 0. The van der Waals surface area contributed by atoms with Gasteiger partial charge >= 0.3 is 0 Å². The molecule has 0 saturated heterocycles. The second-order valence-electron chi connectivity index (χ2n) is 7.79. The molecule has 2 N–H and O–H groups in total. The third kappa shape index (κ3) is 3.55. The van der Waals surface area contributed by atoms with E-state index in [9.17, 15) is 10.2 Å². The molecule has 3 aromatic rings. The molecular formula is C23H26N2O2. The zero-order chi connectivity index (χ0) is 19.0. The molecular weight excluding hydrogens is 336 g/mol. The summed E-state index contributed by atoms with van der Waals surface area (Å²) in [6, 6.07) is 18.6. The minimum absolute atomic E-state index is 0.318. The highest BCUT2D eigenvalue weighted by Crippen LogP contribution is 2.38.